The van der Waals surface area contributed by atoms with Crippen molar-refractivity contribution in [2.24, 2.45) is 5.73 Å². The molecule has 1 heterocycles. The van der Waals surface area contributed by atoms with Crippen LogP contribution in [0.25, 0.3) is 0 Å². The van der Waals surface area contributed by atoms with E-state index in [1.807, 2.05) is 10.9 Å². The van der Waals surface area contributed by atoms with Gasteiger partial charge in [0.25, 0.3) is 0 Å². The van der Waals surface area contributed by atoms with Gasteiger partial charge >= 0.3 is 0 Å². The van der Waals surface area contributed by atoms with E-state index in [0.717, 1.165) is 5.56 Å². The first-order valence-corrected chi connectivity index (χ1v) is 4.31. The van der Waals surface area contributed by atoms with Crippen LogP contribution in [0.5, 0.6) is 0 Å². The van der Waals surface area contributed by atoms with Crippen LogP contribution in [0.1, 0.15) is 25.5 Å². The lowest BCUT2D eigenvalue weighted by molar-refractivity contribution is 0.532. The summed E-state index contributed by atoms with van der Waals surface area (Å²) in [6.45, 7) is 4.16. The molecule has 0 saturated heterocycles. The number of hydrogen-bond donors (Lipinski definition) is 1. The fourth-order valence-corrected chi connectivity index (χ4v) is 1.12. The minimum atomic E-state index is 0.394. The van der Waals surface area contributed by atoms with E-state index < -0.39 is 0 Å². The highest BCUT2D eigenvalue weighted by Gasteiger charge is 2.01. The number of nitrogens with zero attached hydrogens (tertiary/aromatic N) is 2. The van der Waals surface area contributed by atoms with Gasteiger partial charge in [-0.25, -0.2) is 0 Å². The van der Waals surface area contributed by atoms with Crippen molar-refractivity contribution in [2.75, 3.05) is 0 Å². The SMILES string of the molecule is CC(C)n1cc(CC(N)=S)cn1. The lowest BCUT2D eigenvalue weighted by Crippen LogP contribution is -2.10. The second kappa shape index (κ2) is 3.67. The van der Waals surface area contributed by atoms with E-state index >= 15 is 0 Å². The molecule has 0 aliphatic heterocycles. The van der Waals surface area contributed by atoms with Crippen LogP contribution in [-0.4, -0.2) is 14.8 Å². The quantitative estimate of drug-likeness (QED) is 0.718. The van der Waals surface area contributed by atoms with Gasteiger partial charge in [0.1, 0.15) is 0 Å². The molecule has 0 radical (unpaired) electrons. The molecule has 0 amide bonds. The maximum absolute atomic E-state index is 5.40. The minimum absolute atomic E-state index is 0.394. The molecule has 1 aromatic rings. The maximum atomic E-state index is 5.40. The number of thiocarbonyl (C=S) groups is 1. The summed E-state index contributed by atoms with van der Waals surface area (Å²) in [4.78, 5) is 0.512. The van der Waals surface area contributed by atoms with Crippen LogP contribution in [-0.2, 0) is 6.42 Å². The normalized spacial score (nSPS) is 10.6. The standard InChI is InChI=1S/C8H13N3S/c1-6(2)11-5-7(4-10-11)3-8(9)12/h4-6H,3H2,1-2H3,(H2,9,12). The predicted octanol–water partition coefficient (Wildman–Crippen LogP) is 1.29. The third kappa shape index (κ3) is 2.30. The van der Waals surface area contributed by atoms with Crippen molar-refractivity contribution in [3.8, 4) is 0 Å². The predicted molar refractivity (Wildman–Crippen MR) is 53.1 cm³/mol. The highest BCUT2D eigenvalue weighted by molar-refractivity contribution is 7.80. The molecule has 0 spiro atoms. The van der Waals surface area contributed by atoms with Crippen molar-refractivity contribution in [1.29, 1.82) is 0 Å². The highest BCUT2D eigenvalue weighted by atomic mass is 32.1. The molecule has 1 rings (SSSR count). The van der Waals surface area contributed by atoms with E-state index in [0.29, 0.717) is 17.5 Å². The van der Waals surface area contributed by atoms with Crippen LogP contribution in [0.2, 0.25) is 0 Å². The zero-order valence-electron chi connectivity index (χ0n) is 7.32. The molecule has 0 aromatic carbocycles. The molecular weight excluding hydrogens is 170 g/mol. The summed E-state index contributed by atoms with van der Waals surface area (Å²) in [6, 6.07) is 0.394. The Kier molecular flexibility index (Phi) is 2.81. The van der Waals surface area contributed by atoms with Crippen molar-refractivity contribution in [3.63, 3.8) is 0 Å². The van der Waals surface area contributed by atoms with Gasteiger partial charge in [0.15, 0.2) is 0 Å². The molecule has 0 unspecified atom stereocenters. The van der Waals surface area contributed by atoms with Gasteiger partial charge in [0.2, 0.25) is 0 Å². The molecule has 0 atom stereocenters. The third-order valence-electron chi connectivity index (χ3n) is 1.56. The van der Waals surface area contributed by atoms with Crippen molar-refractivity contribution >= 4 is 17.2 Å². The van der Waals surface area contributed by atoms with Crippen molar-refractivity contribution in [2.45, 2.75) is 26.3 Å². The summed E-state index contributed by atoms with van der Waals surface area (Å²) >= 11 is 4.79. The van der Waals surface area contributed by atoms with E-state index in [1.165, 1.54) is 0 Å². The smallest absolute Gasteiger partial charge is 0.0772 e. The molecule has 2 N–H and O–H groups in total. The van der Waals surface area contributed by atoms with Crippen LogP contribution in [0.15, 0.2) is 12.4 Å². The molecule has 0 bridgehead atoms. The molecular formula is C8H13N3S. The summed E-state index contributed by atoms with van der Waals surface area (Å²) in [6.07, 6.45) is 4.42. The number of nitrogens with two attached hydrogens (primary N) is 1. The lowest BCUT2D eigenvalue weighted by atomic mass is 10.2. The van der Waals surface area contributed by atoms with E-state index in [9.17, 15) is 0 Å². The van der Waals surface area contributed by atoms with Crippen LogP contribution < -0.4 is 5.73 Å². The Morgan fingerprint density at radius 2 is 2.42 bits per heavy atom. The minimum Gasteiger partial charge on any atom is -0.393 e. The third-order valence-corrected chi connectivity index (χ3v) is 1.71. The van der Waals surface area contributed by atoms with E-state index in [2.05, 4.69) is 18.9 Å². The Morgan fingerprint density at radius 1 is 1.75 bits per heavy atom. The summed E-state index contributed by atoms with van der Waals surface area (Å²) in [5, 5.41) is 4.17. The molecule has 0 aliphatic carbocycles. The average molecular weight is 183 g/mol. The first kappa shape index (κ1) is 9.19. The van der Waals surface area contributed by atoms with Gasteiger partial charge in [-0.3, -0.25) is 4.68 Å². The van der Waals surface area contributed by atoms with Crippen LogP contribution in [0.3, 0.4) is 0 Å². The van der Waals surface area contributed by atoms with Gasteiger partial charge in [0, 0.05) is 18.7 Å². The highest BCUT2D eigenvalue weighted by Crippen LogP contribution is 2.05. The Labute approximate surface area is 77.6 Å². The molecule has 4 heteroatoms. The summed E-state index contributed by atoms with van der Waals surface area (Å²) in [5.74, 6) is 0. The summed E-state index contributed by atoms with van der Waals surface area (Å²) in [5.41, 5.74) is 6.48. The first-order valence-electron chi connectivity index (χ1n) is 3.91. The van der Waals surface area contributed by atoms with Gasteiger partial charge in [0.05, 0.1) is 11.2 Å². The van der Waals surface area contributed by atoms with Crippen LogP contribution in [0, 0.1) is 0 Å². The molecule has 3 nitrogen and oxygen atoms in total. The molecule has 0 aliphatic rings. The van der Waals surface area contributed by atoms with Crippen molar-refractivity contribution in [1.82, 2.24) is 9.78 Å². The van der Waals surface area contributed by atoms with E-state index in [4.69, 9.17) is 18.0 Å². The fraction of sp³-hybridized carbons (Fsp3) is 0.500. The Morgan fingerprint density at radius 3 is 2.83 bits per heavy atom. The molecule has 66 valence electrons. The lowest BCUT2D eigenvalue weighted by Gasteiger charge is -2.02. The molecule has 0 fully saturated rings. The number of hydrogen-bond acceptors (Lipinski definition) is 2. The number of aromatic nitrogens is 2. The monoisotopic (exact) mass is 183 g/mol. The van der Waals surface area contributed by atoms with Gasteiger partial charge in [-0.05, 0) is 19.4 Å². The average Bonchev–Trinajstić information content (AvgIpc) is 2.34. The summed E-state index contributed by atoms with van der Waals surface area (Å²) in [7, 11) is 0. The Hall–Kier alpha value is -0.900. The Bertz CT molecular complexity index is 278. The van der Waals surface area contributed by atoms with Crippen LogP contribution in [0.4, 0.5) is 0 Å². The van der Waals surface area contributed by atoms with Gasteiger partial charge in [-0.2, -0.15) is 5.10 Å². The zero-order chi connectivity index (χ0) is 9.14. The largest absolute Gasteiger partial charge is 0.393 e. The molecule has 0 saturated carbocycles. The second-order valence-corrected chi connectivity index (χ2v) is 3.59. The van der Waals surface area contributed by atoms with Crippen LogP contribution >= 0.6 is 12.2 Å². The summed E-state index contributed by atoms with van der Waals surface area (Å²) < 4.78 is 1.90. The van der Waals surface area contributed by atoms with Crippen molar-refractivity contribution in [3.05, 3.63) is 18.0 Å². The van der Waals surface area contributed by atoms with Gasteiger partial charge in [-0.15, -0.1) is 0 Å². The fourth-order valence-electron chi connectivity index (χ4n) is 0.952. The molecule has 1 aromatic heterocycles. The number of rotatable bonds is 3. The maximum Gasteiger partial charge on any atom is 0.0772 e. The second-order valence-electron chi connectivity index (χ2n) is 3.07. The topological polar surface area (TPSA) is 43.8 Å². The first-order chi connectivity index (χ1) is 5.59. The molecule has 12 heavy (non-hydrogen) atoms. The van der Waals surface area contributed by atoms with Gasteiger partial charge in [-0.1, -0.05) is 12.2 Å². The van der Waals surface area contributed by atoms with E-state index in [-0.39, 0.29) is 0 Å². The Balaban J connectivity index is 2.70. The van der Waals surface area contributed by atoms with Crippen molar-refractivity contribution < 1.29 is 0 Å². The van der Waals surface area contributed by atoms with E-state index in [1.54, 1.807) is 6.20 Å². The zero-order valence-corrected chi connectivity index (χ0v) is 8.14. The van der Waals surface area contributed by atoms with Gasteiger partial charge < -0.3 is 5.73 Å².